The van der Waals surface area contributed by atoms with Crippen molar-refractivity contribution in [1.29, 1.82) is 0 Å². The van der Waals surface area contributed by atoms with Crippen LogP contribution in [0.4, 0.5) is 0 Å². The summed E-state index contributed by atoms with van der Waals surface area (Å²) < 4.78 is 20.9. The van der Waals surface area contributed by atoms with Gasteiger partial charge in [-0.3, -0.25) is 4.79 Å². The number of hydrogen-bond acceptors (Lipinski definition) is 7. The standard InChI is InChI=1S/C19H19N3O5/c1-24-14-8-15(25-2)10-16(9-14)26-12-17(23)20-11-18-21-19(22-27-18)13-6-4-3-5-7-13/h3-10H,11-12H2,1-2H3,(H,20,23). The fraction of sp³-hybridized carbons (Fsp3) is 0.211. The van der Waals surface area contributed by atoms with E-state index in [2.05, 4.69) is 15.5 Å². The molecule has 8 nitrogen and oxygen atoms in total. The van der Waals surface area contributed by atoms with Crippen molar-refractivity contribution in [2.24, 2.45) is 0 Å². The Morgan fingerprint density at radius 1 is 1.04 bits per heavy atom. The zero-order chi connectivity index (χ0) is 19.1. The Bertz CT molecular complexity index is 873. The molecule has 0 unspecified atom stereocenters. The molecule has 3 rings (SSSR count). The van der Waals surface area contributed by atoms with Crippen LogP contribution in [0.15, 0.2) is 53.1 Å². The fourth-order valence-corrected chi connectivity index (χ4v) is 2.27. The Balaban J connectivity index is 1.51. The van der Waals surface area contributed by atoms with Crippen molar-refractivity contribution in [1.82, 2.24) is 15.5 Å². The molecule has 0 saturated carbocycles. The summed E-state index contributed by atoms with van der Waals surface area (Å²) in [5, 5.41) is 6.57. The lowest BCUT2D eigenvalue weighted by Crippen LogP contribution is -2.28. The number of hydrogen-bond donors (Lipinski definition) is 1. The molecule has 1 aromatic heterocycles. The van der Waals surface area contributed by atoms with Gasteiger partial charge in [0, 0.05) is 23.8 Å². The third kappa shape index (κ3) is 4.97. The van der Waals surface area contributed by atoms with Crippen molar-refractivity contribution in [3.63, 3.8) is 0 Å². The van der Waals surface area contributed by atoms with Crippen molar-refractivity contribution in [2.75, 3.05) is 20.8 Å². The predicted octanol–water partition coefficient (Wildman–Crippen LogP) is 2.45. The molecule has 0 saturated heterocycles. The highest BCUT2D eigenvalue weighted by Crippen LogP contribution is 2.27. The molecule has 27 heavy (non-hydrogen) atoms. The molecule has 0 fully saturated rings. The second-order valence-electron chi connectivity index (χ2n) is 5.49. The number of carbonyl (C=O) groups excluding carboxylic acids is 1. The van der Waals surface area contributed by atoms with E-state index in [0.29, 0.717) is 29.0 Å². The van der Waals surface area contributed by atoms with E-state index >= 15 is 0 Å². The van der Waals surface area contributed by atoms with Crippen LogP contribution in [-0.4, -0.2) is 36.9 Å². The molecular weight excluding hydrogens is 350 g/mol. The minimum Gasteiger partial charge on any atom is -0.496 e. The van der Waals surface area contributed by atoms with Gasteiger partial charge in [-0.25, -0.2) is 0 Å². The normalized spacial score (nSPS) is 10.3. The van der Waals surface area contributed by atoms with Gasteiger partial charge in [-0.05, 0) is 0 Å². The molecule has 2 aromatic carbocycles. The number of rotatable bonds is 8. The van der Waals surface area contributed by atoms with Crippen molar-refractivity contribution in [2.45, 2.75) is 6.54 Å². The second kappa shape index (κ2) is 8.70. The highest BCUT2D eigenvalue weighted by Gasteiger charge is 2.11. The van der Waals surface area contributed by atoms with Crippen LogP contribution in [0.5, 0.6) is 17.2 Å². The van der Waals surface area contributed by atoms with Gasteiger partial charge in [0.05, 0.1) is 20.8 Å². The SMILES string of the molecule is COc1cc(OC)cc(OCC(=O)NCc2nc(-c3ccccc3)no2)c1. The van der Waals surface area contributed by atoms with E-state index in [4.69, 9.17) is 18.7 Å². The minimum atomic E-state index is -0.323. The van der Waals surface area contributed by atoms with Gasteiger partial charge in [-0.1, -0.05) is 35.5 Å². The van der Waals surface area contributed by atoms with E-state index < -0.39 is 0 Å². The summed E-state index contributed by atoms with van der Waals surface area (Å²) in [4.78, 5) is 16.2. The fourth-order valence-electron chi connectivity index (χ4n) is 2.27. The molecule has 0 aliphatic carbocycles. The van der Waals surface area contributed by atoms with Gasteiger partial charge in [-0.15, -0.1) is 0 Å². The van der Waals surface area contributed by atoms with E-state index in [1.165, 1.54) is 0 Å². The highest BCUT2D eigenvalue weighted by molar-refractivity contribution is 5.77. The molecule has 0 aliphatic heterocycles. The first kappa shape index (κ1) is 18.2. The van der Waals surface area contributed by atoms with Crippen molar-refractivity contribution >= 4 is 5.91 Å². The first-order chi connectivity index (χ1) is 13.2. The average molecular weight is 369 g/mol. The number of nitrogens with zero attached hydrogens (tertiary/aromatic N) is 2. The average Bonchev–Trinajstić information content (AvgIpc) is 3.20. The third-order valence-corrected chi connectivity index (χ3v) is 3.63. The number of carbonyl (C=O) groups is 1. The van der Waals surface area contributed by atoms with E-state index in [9.17, 15) is 4.79 Å². The number of nitrogens with one attached hydrogen (secondary N) is 1. The number of ether oxygens (including phenoxy) is 3. The largest absolute Gasteiger partial charge is 0.496 e. The van der Waals surface area contributed by atoms with Crippen LogP contribution in [0.1, 0.15) is 5.89 Å². The smallest absolute Gasteiger partial charge is 0.258 e. The Hall–Kier alpha value is -3.55. The minimum absolute atomic E-state index is 0.115. The summed E-state index contributed by atoms with van der Waals surface area (Å²) in [5.41, 5.74) is 0.842. The summed E-state index contributed by atoms with van der Waals surface area (Å²) in [5.74, 6) is 2.07. The van der Waals surface area contributed by atoms with Crippen LogP contribution in [0.3, 0.4) is 0 Å². The van der Waals surface area contributed by atoms with Gasteiger partial charge in [0.1, 0.15) is 17.2 Å². The number of amides is 1. The van der Waals surface area contributed by atoms with Gasteiger partial charge < -0.3 is 24.1 Å². The van der Waals surface area contributed by atoms with Gasteiger partial charge in [0.25, 0.3) is 5.91 Å². The molecule has 3 aromatic rings. The summed E-state index contributed by atoms with van der Waals surface area (Å²) in [6.07, 6.45) is 0. The van der Waals surface area contributed by atoms with Gasteiger partial charge in [0.2, 0.25) is 11.7 Å². The first-order valence-corrected chi connectivity index (χ1v) is 8.18. The van der Waals surface area contributed by atoms with Gasteiger partial charge >= 0.3 is 0 Å². The van der Waals surface area contributed by atoms with Crippen LogP contribution >= 0.6 is 0 Å². The van der Waals surface area contributed by atoms with Crippen LogP contribution < -0.4 is 19.5 Å². The van der Waals surface area contributed by atoms with Gasteiger partial charge in [0.15, 0.2) is 6.61 Å². The summed E-state index contributed by atoms with van der Waals surface area (Å²) in [7, 11) is 3.08. The lowest BCUT2D eigenvalue weighted by atomic mass is 10.2. The highest BCUT2D eigenvalue weighted by atomic mass is 16.5. The molecule has 0 spiro atoms. The number of aromatic nitrogens is 2. The maximum absolute atomic E-state index is 12.0. The molecule has 1 heterocycles. The summed E-state index contributed by atoms with van der Waals surface area (Å²) in [6.45, 7) is -0.0561. The second-order valence-corrected chi connectivity index (χ2v) is 5.49. The van der Waals surface area contributed by atoms with Crippen LogP contribution in [0.2, 0.25) is 0 Å². The quantitative estimate of drug-likeness (QED) is 0.651. The molecule has 1 N–H and O–H groups in total. The Kier molecular flexibility index (Phi) is 5.88. The lowest BCUT2D eigenvalue weighted by molar-refractivity contribution is -0.123. The maximum atomic E-state index is 12.0. The number of benzene rings is 2. The Morgan fingerprint density at radius 3 is 2.37 bits per heavy atom. The summed E-state index contributed by atoms with van der Waals surface area (Å²) >= 11 is 0. The van der Waals surface area contributed by atoms with Crippen molar-refractivity contribution in [3.8, 4) is 28.6 Å². The molecular formula is C19H19N3O5. The monoisotopic (exact) mass is 369 g/mol. The number of methoxy groups -OCH3 is 2. The topological polar surface area (TPSA) is 95.7 Å². The third-order valence-electron chi connectivity index (χ3n) is 3.63. The van der Waals surface area contributed by atoms with Crippen LogP contribution in [0.25, 0.3) is 11.4 Å². The van der Waals surface area contributed by atoms with Crippen molar-refractivity contribution in [3.05, 3.63) is 54.4 Å². The molecule has 0 aliphatic rings. The van der Waals surface area contributed by atoms with Gasteiger partial charge in [-0.2, -0.15) is 4.98 Å². The van der Waals surface area contributed by atoms with E-state index in [1.54, 1.807) is 32.4 Å². The lowest BCUT2D eigenvalue weighted by Gasteiger charge is -2.10. The van der Waals surface area contributed by atoms with Crippen LogP contribution in [0, 0.1) is 0 Å². The molecule has 0 atom stereocenters. The first-order valence-electron chi connectivity index (χ1n) is 8.18. The predicted molar refractivity (Wildman–Crippen MR) is 96.6 cm³/mol. The molecule has 1 amide bonds. The zero-order valence-electron chi connectivity index (χ0n) is 15.0. The molecule has 140 valence electrons. The summed E-state index contributed by atoms with van der Waals surface area (Å²) in [6, 6.07) is 14.5. The zero-order valence-corrected chi connectivity index (χ0v) is 15.0. The molecule has 0 radical (unpaired) electrons. The van der Waals surface area contributed by atoms with E-state index in [-0.39, 0.29) is 19.1 Å². The van der Waals surface area contributed by atoms with E-state index in [0.717, 1.165) is 5.56 Å². The maximum Gasteiger partial charge on any atom is 0.258 e. The Morgan fingerprint density at radius 2 is 1.70 bits per heavy atom. The molecule has 8 heteroatoms. The van der Waals surface area contributed by atoms with Crippen molar-refractivity contribution < 1.29 is 23.5 Å². The van der Waals surface area contributed by atoms with E-state index in [1.807, 2.05) is 30.3 Å². The Labute approximate surface area is 156 Å². The van der Waals surface area contributed by atoms with Crippen LogP contribution in [-0.2, 0) is 11.3 Å². The molecule has 0 bridgehead atoms.